The molecule has 0 unspecified atom stereocenters. The number of nitrogens with zero attached hydrogens (tertiary/aromatic N) is 2. The van der Waals surface area contributed by atoms with Crippen molar-refractivity contribution in [2.24, 2.45) is 0 Å². The van der Waals surface area contributed by atoms with E-state index in [9.17, 15) is 4.79 Å². The van der Waals surface area contributed by atoms with Crippen LogP contribution in [0.1, 0.15) is 10.4 Å². The molecule has 2 heterocycles. The highest BCUT2D eigenvalue weighted by Crippen LogP contribution is 2.22. The summed E-state index contributed by atoms with van der Waals surface area (Å²) in [7, 11) is 0. The number of carbonyl (C=O) groups excluding carboxylic acids is 1. The molecule has 1 amide bonds. The quantitative estimate of drug-likeness (QED) is 0.795. The fraction of sp³-hybridized carbons (Fsp3) is 0. The highest BCUT2D eigenvalue weighted by molar-refractivity contribution is 7.08. The van der Waals surface area contributed by atoms with E-state index in [1.54, 1.807) is 24.3 Å². The normalized spacial score (nSPS) is 10.3. The van der Waals surface area contributed by atoms with Gasteiger partial charge in [-0.25, -0.2) is 0 Å². The van der Waals surface area contributed by atoms with E-state index in [2.05, 4.69) is 15.5 Å². The summed E-state index contributed by atoms with van der Waals surface area (Å²) in [6.45, 7) is 0. The number of anilines is 1. The number of amides is 1. The number of benzene rings is 1. The molecular formula is C13H9N3O2S. The molecule has 2 aromatic heterocycles. The fourth-order valence-electron chi connectivity index (χ4n) is 1.54. The van der Waals surface area contributed by atoms with Gasteiger partial charge in [0.2, 0.25) is 0 Å². The van der Waals surface area contributed by atoms with Gasteiger partial charge in [-0.1, -0.05) is 23.3 Å². The van der Waals surface area contributed by atoms with Gasteiger partial charge in [-0.3, -0.25) is 10.1 Å². The minimum atomic E-state index is -0.277. The van der Waals surface area contributed by atoms with Gasteiger partial charge >= 0.3 is 6.01 Å². The van der Waals surface area contributed by atoms with E-state index in [1.165, 1.54) is 11.3 Å². The molecule has 0 spiro atoms. The molecule has 3 aromatic rings. The van der Waals surface area contributed by atoms with Gasteiger partial charge in [0.1, 0.15) is 0 Å². The van der Waals surface area contributed by atoms with Crippen LogP contribution in [0.4, 0.5) is 6.01 Å². The van der Waals surface area contributed by atoms with Crippen molar-refractivity contribution in [1.82, 2.24) is 10.2 Å². The standard InChI is InChI=1S/C13H9N3O2S/c17-11(9-4-2-1-3-5-9)14-13-16-15-12(18-13)10-6-7-19-8-10/h1-8H,(H,14,16,17). The molecule has 0 fully saturated rings. The molecule has 0 radical (unpaired) electrons. The highest BCUT2D eigenvalue weighted by Gasteiger charge is 2.12. The highest BCUT2D eigenvalue weighted by atomic mass is 32.1. The smallest absolute Gasteiger partial charge is 0.322 e. The van der Waals surface area contributed by atoms with Crippen LogP contribution < -0.4 is 5.32 Å². The van der Waals surface area contributed by atoms with Crippen molar-refractivity contribution in [3.63, 3.8) is 0 Å². The van der Waals surface area contributed by atoms with Crippen molar-refractivity contribution in [2.45, 2.75) is 0 Å². The Morgan fingerprint density at radius 1 is 1.16 bits per heavy atom. The number of hydrogen-bond donors (Lipinski definition) is 1. The van der Waals surface area contributed by atoms with Crippen molar-refractivity contribution in [3.05, 3.63) is 52.7 Å². The topological polar surface area (TPSA) is 68.0 Å². The lowest BCUT2D eigenvalue weighted by Gasteiger charge is -1.99. The van der Waals surface area contributed by atoms with Crippen molar-refractivity contribution in [3.8, 4) is 11.5 Å². The lowest BCUT2D eigenvalue weighted by molar-refractivity contribution is 0.102. The fourth-order valence-corrected chi connectivity index (χ4v) is 2.17. The lowest BCUT2D eigenvalue weighted by Crippen LogP contribution is -2.11. The van der Waals surface area contributed by atoms with Gasteiger partial charge in [0.25, 0.3) is 11.8 Å². The number of rotatable bonds is 3. The number of hydrogen-bond acceptors (Lipinski definition) is 5. The maximum atomic E-state index is 11.9. The molecule has 3 rings (SSSR count). The molecule has 94 valence electrons. The molecule has 0 saturated heterocycles. The third kappa shape index (κ3) is 2.53. The van der Waals surface area contributed by atoms with Crippen LogP contribution in [-0.4, -0.2) is 16.1 Å². The van der Waals surface area contributed by atoms with Gasteiger partial charge in [0, 0.05) is 16.5 Å². The number of carbonyl (C=O) groups is 1. The van der Waals surface area contributed by atoms with E-state index in [0.29, 0.717) is 11.5 Å². The molecule has 0 bridgehead atoms. The van der Waals surface area contributed by atoms with Gasteiger partial charge in [0.05, 0.1) is 0 Å². The summed E-state index contributed by atoms with van der Waals surface area (Å²) in [6, 6.07) is 10.8. The predicted octanol–water partition coefficient (Wildman–Crippen LogP) is 3.05. The van der Waals surface area contributed by atoms with E-state index in [1.807, 2.05) is 22.9 Å². The summed E-state index contributed by atoms with van der Waals surface area (Å²) < 4.78 is 5.37. The zero-order chi connectivity index (χ0) is 13.1. The molecule has 5 nitrogen and oxygen atoms in total. The van der Waals surface area contributed by atoms with Crippen LogP contribution in [0.2, 0.25) is 0 Å². The second-order valence-corrected chi connectivity index (χ2v) is 4.52. The molecule has 0 aliphatic heterocycles. The Hall–Kier alpha value is -2.47. The van der Waals surface area contributed by atoms with Gasteiger partial charge in [-0.15, -0.1) is 5.10 Å². The van der Waals surface area contributed by atoms with Crippen molar-refractivity contribution >= 4 is 23.3 Å². The molecule has 1 N–H and O–H groups in total. The number of nitrogens with one attached hydrogen (secondary N) is 1. The van der Waals surface area contributed by atoms with Gasteiger partial charge in [0.15, 0.2) is 0 Å². The Morgan fingerprint density at radius 3 is 2.74 bits per heavy atom. The zero-order valence-electron chi connectivity index (χ0n) is 9.74. The third-order valence-electron chi connectivity index (χ3n) is 2.45. The molecule has 0 saturated carbocycles. The van der Waals surface area contributed by atoms with E-state index in [4.69, 9.17) is 4.42 Å². The summed E-state index contributed by atoms with van der Waals surface area (Å²) in [5.41, 5.74) is 1.38. The van der Waals surface area contributed by atoms with Crippen LogP contribution in [0.3, 0.4) is 0 Å². The number of aromatic nitrogens is 2. The predicted molar refractivity (Wildman–Crippen MR) is 72.0 cm³/mol. The SMILES string of the molecule is O=C(Nc1nnc(-c2ccsc2)o1)c1ccccc1. The molecule has 6 heteroatoms. The second kappa shape index (κ2) is 5.03. The van der Waals surface area contributed by atoms with E-state index >= 15 is 0 Å². The van der Waals surface area contributed by atoms with Gasteiger partial charge < -0.3 is 4.42 Å². The second-order valence-electron chi connectivity index (χ2n) is 3.74. The van der Waals surface area contributed by atoms with Crippen LogP contribution in [0.5, 0.6) is 0 Å². The third-order valence-corrected chi connectivity index (χ3v) is 3.13. The zero-order valence-corrected chi connectivity index (χ0v) is 10.6. The van der Waals surface area contributed by atoms with Crippen molar-refractivity contribution in [1.29, 1.82) is 0 Å². The first-order valence-corrected chi connectivity index (χ1v) is 6.50. The average molecular weight is 271 g/mol. The molecular weight excluding hydrogens is 262 g/mol. The van der Waals surface area contributed by atoms with Crippen LogP contribution in [0, 0.1) is 0 Å². The van der Waals surface area contributed by atoms with E-state index in [-0.39, 0.29) is 11.9 Å². The monoisotopic (exact) mass is 271 g/mol. The van der Waals surface area contributed by atoms with Crippen molar-refractivity contribution in [2.75, 3.05) is 5.32 Å². The molecule has 19 heavy (non-hydrogen) atoms. The van der Waals surface area contributed by atoms with Gasteiger partial charge in [-0.2, -0.15) is 11.3 Å². The molecule has 0 aliphatic rings. The van der Waals surface area contributed by atoms with Gasteiger partial charge in [-0.05, 0) is 23.6 Å². The Balaban J connectivity index is 1.76. The van der Waals surface area contributed by atoms with Crippen LogP contribution in [0.15, 0.2) is 51.6 Å². The summed E-state index contributed by atoms with van der Waals surface area (Å²) in [5, 5.41) is 14.1. The Morgan fingerprint density at radius 2 is 2.00 bits per heavy atom. The minimum absolute atomic E-state index is 0.0926. The molecule has 0 aliphatic carbocycles. The Labute approximate surface area is 112 Å². The molecule has 1 aromatic carbocycles. The Kier molecular flexibility index (Phi) is 3.07. The average Bonchev–Trinajstić information content (AvgIpc) is 3.10. The maximum absolute atomic E-state index is 11.9. The Bertz CT molecular complexity index is 677. The number of thiophene rings is 1. The summed E-state index contributed by atoms with van der Waals surface area (Å²) in [4.78, 5) is 11.9. The lowest BCUT2D eigenvalue weighted by atomic mass is 10.2. The van der Waals surface area contributed by atoms with Crippen LogP contribution in [0.25, 0.3) is 11.5 Å². The van der Waals surface area contributed by atoms with E-state index < -0.39 is 0 Å². The first-order chi connectivity index (χ1) is 9.33. The largest absolute Gasteiger partial charge is 0.403 e. The van der Waals surface area contributed by atoms with Crippen LogP contribution in [-0.2, 0) is 0 Å². The van der Waals surface area contributed by atoms with Crippen LogP contribution >= 0.6 is 11.3 Å². The summed E-state index contributed by atoms with van der Waals surface area (Å²) in [6.07, 6.45) is 0. The minimum Gasteiger partial charge on any atom is -0.403 e. The molecule has 0 atom stereocenters. The first-order valence-electron chi connectivity index (χ1n) is 5.55. The summed E-state index contributed by atoms with van der Waals surface area (Å²) in [5.74, 6) is 0.116. The first kappa shape index (κ1) is 11.6. The van der Waals surface area contributed by atoms with E-state index in [0.717, 1.165) is 5.56 Å². The van der Waals surface area contributed by atoms with Crippen molar-refractivity contribution < 1.29 is 9.21 Å². The summed E-state index contributed by atoms with van der Waals surface area (Å²) >= 11 is 1.54. The maximum Gasteiger partial charge on any atom is 0.322 e.